The standard InChI is InChI=1S/C16H30N2O3.C2H6/c1-8-9-10-12(2)11-13(14(19)17-6)18(7)15(20)21-16(3,4)5;1-2/h8-9,12-13H,10-11H2,1-7H3,(H,17,19);1-2H3/b9-8+;. The van der Waals surface area contributed by atoms with Gasteiger partial charge in [0, 0.05) is 14.1 Å². The van der Waals surface area contributed by atoms with E-state index in [4.69, 9.17) is 4.74 Å². The highest BCUT2D eigenvalue weighted by Crippen LogP contribution is 2.18. The van der Waals surface area contributed by atoms with E-state index in [9.17, 15) is 9.59 Å². The summed E-state index contributed by atoms with van der Waals surface area (Å²) < 4.78 is 5.33. The summed E-state index contributed by atoms with van der Waals surface area (Å²) in [5, 5.41) is 2.62. The summed E-state index contributed by atoms with van der Waals surface area (Å²) in [6.45, 7) is 13.5. The van der Waals surface area contributed by atoms with Crippen LogP contribution in [-0.2, 0) is 9.53 Å². The van der Waals surface area contributed by atoms with E-state index in [1.807, 2.05) is 47.6 Å². The van der Waals surface area contributed by atoms with Crippen molar-refractivity contribution in [2.75, 3.05) is 14.1 Å². The Labute approximate surface area is 142 Å². The van der Waals surface area contributed by atoms with Gasteiger partial charge in [-0.1, -0.05) is 32.9 Å². The number of likely N-dealkylation sites (N-methyl/N-ethyl adjacent to an activating group) is 2. The predicted molar refractivity (Wildman–Crippen MR) is 96.4 cm³/mol. The van der Waals surface area contributed by atoms with E-state index in [2.05, 4.69) is 18.3 Å². The lowest BCUT2D eigenvalue weighted by atomic mass is 9.97. The van der Waals surface area contributed by atoms with Gasteiger partial charge in [0.15, 0.2) is 0 Å². The maximum absolute atomic E-state index is 12.1. The Balaban J connectivity index is 0. The average Bonchev–Trinajstić information content (AvgIpc) is 2.49. The minimum absolute atomic E-state index is 0.171. The van der Waals surface area contributed by atoms with Crippen LogP contribution in [-0.4, -0.2) is 42.6 Å². The van der Waals surface area contributed by atoms with E-state index in [1.165, 1.54) is 4.90 Å². The summed E-state index contributed by atoms with van der Waals surface area (Å²) in [5.74, 6) is 0.129. The molecule has 2 atom stereocenters. The summed E-state index contributed by atoms with van der Waals surface area (Å²) in [6.07, 6.45) is 5.06. The molecule has 136 valence electrons. The van der Waals surface area contributed by atoms with Gasteiger partial charge in [-0.25, -0.2) is 4.79 Å². The maximum atomic E-state index is 12.1. The minimum Gasteiger partial charge on any atom is -0.444 e. The molecule has 0 aliphatic heterocycles. The van der Waals surface area contributed by atoms with Gasteiger partial charge in [-0.2, -0.15) is 0 Å². The molecule has 5 nitrogen and oxygen atoms in total. The largest absolute Gasteiger partial charge is 0.444 e. The lowest BCUT2D eigenvalue weighted by molar-refractivity contribution is -0.126. The Kier molecular flexibility index (Phi) is 12.4. The molecule has 0 heterocycles. The number of nitrogens with one attached hydrogen (secondary N) is 1. The molecule has 1 N–H and O–H groups in total. The Hall–Kier alpha value is -1.52. The molecule has 0 spiro atoms. The van der Waals surface area contributed by atoms with Crippen LogP contribution >= 0.6 is 0 Å². The quantitative estimate of drug-likeness (QED) is 0.750. The molecule has 5 heteroatoms. The van der Waals surface area contributed by atoms with Crippen molar-refractivity contribution in [3.8, 4) is 0 Å². The topological polar surface area (TPSA) is 58.6 Å². The van der Waals surface area contributed by atoms with Crippen LogP contribution in [0.3, 0.4) is 0 Å². The molecule has 0 saturated carbocycles. The lowest BCUT2D eigenvalue weighted by Gasteiger charge is -2.31. The van der Waals surface area contributed by atoms with Crippen LogP contribution in [0.25, 0.3) is 0 Å². The van der Waals surface area contributed by atoms with Crippen molar-refractivity contribution in [2.45, 2.75) is 73.0 Å². The molecule has 0 saturated heterocycles. The minimum atomic E-state index is -0.574. The first-order valence-corrected chi connectivity index (χ1v) is 8.41. The second kappa shape index (κ2) is 12.0. The smallest absolute Gasteiger partial charge is 0.410 e. The SMILES string of the molecule is C/C=C/CC(C)CC(C(=O)NC)N(C)C(=O)OC(C)(C)C.CC. The van der Waals surface area contributed by atoms with E-state index < -0.39 is 17.7 Å². The number of carbonyl (C=O) groups excluding carboxylic acids is 2. The van der Waals surface area contributed by atoms with Crippen molar-refractivity contribution < 1.29 is 14.3 Å². The van der Waals surface area contributed by atoms with Gasteiger partial charge in [0.1, 0.15) is 11.6 Å². The number of amides is 2. The highest BCUT2D eigenvalue weighted by atomic mass is 16.6. The van der Waals surface area contributed by atoms with Crippen molar-refractivity contribution in [3.05, 3.63) is 12.2 Å². The van der Waals surface area contributed by atoms with Crippen LogP contribution in [0.15, 0.2) is 12.2 Å². The maximum Gasteiger partial charge on any atom is 0.410 e. The molecule has 2 amide bonds. The number of ether oxygens (including phenoxy) is 1. The Morgan fingerprint density at radius 3 is 2.17 bits per heavy atom. The van der Waals surface area contributed by atoms with Crippen LogP contribution < -0.4 is 5.32 Å². The molecule has 0 aliphatic carbocycles. The van der Waals surface area contributed by atoms with E-state index in [0.717, 1.165) is 6.42 Å². The third-order valence-electron chi connectivity index (χ3n) is 3.10. The van der Waals surface area contributed by atoms with Gasteiger partial charge in [0.25, 0.3) is 0 Å². The van der Waals surface area contributed by atoms with E-state index >= 15 is 0 Å². The molecule has 2 unspecified atom stereocenters. The molecule has 0 aromatic carbocycles. The van der Waals surface area contributed by atoms with Gasteiger partial charge in [-0.3, -0.25) is 9.69 Å². The van der Waals surface area contributed by atoms with Gasteiger partial charge >= 0.3 is 6.09 Å². The molecule has 0 aliphatic rings. The second-order valence-electron chi connectivity index (χ2n) is 6.37. The first-order chi connectivity index (χ1) is 10.6. The Bertz CT molecular complexity index is 373. The average molecular weight is 328 g/mol. The fraction of sp³-hybridized carbons (Fsp3) is 0.778. The number of nitrogens with zero attached hydrogens (tertiary/aromatic N) is 1. The molecule has 0 bridgehead atoms. The monoisotopic (exact) mass is 328 g/mol. The van der Waals surface area contributed by atoms with Crippen LogP contribution in [0.5, 0.6) is 0 Å². The second-order valence-corrected chi connectivity index (χ2v) is 6.37. The van der Waals surface area contributed by atoms with Gasteiger partial charge in [-0.15, -0.1) is 0 Å². The number of hydrogen-bond donors (Lipinski definition) is 1. The number of rotatable bonds is 6. The highest BCUT2D eigenvalue weighted by Gasteiger charge is 2.30. The summed E-state index contributed by atoms with van der Waals surface area (Å²) in [5.41, 5.74) is -0.574. The van der Waals surface area contributed by atoms with Crippen molar-refractivity contribution in [1.82, 2.24) is 10.2 Å². The Morgan fingerprint density at radius 1 is 1.26 bits per heavy atom. The number of carbonyl (C=O) groups is 2. The molecular weight excluding hydrogens is 292 g/mol. The zero-order valence-corrected chi connectivity index (χ0v) is 16.4. The summed E-state index contributed by atoms with van der Waals surface area (Å²) in [7, 11) is 3.19. The van der Waals surface area contributed by atoms with Crippen molar-refractivity contribution in [3.63, 3.8) is 0 Å². The fourth-order valence-corrected chi connectivity index (χ4v) is 1.91. The summed E-state index contributed by atoms with van der Waals surface area (Å²) in [4.78, 5) is 25.6. The molecule has 0 aromatic heterocycles. The van der Waals surface area contributed by atoms with Gasteiger partial charge in [0.05, 0.1) is 0 Å². The molecule has 23 heavy (non-hydrogen) atoms. The first-order valence-electron chi connectivity index (χ1n) is 8.41. The number of allylic oxidation sites excluding steroid dienone is 2. The van der Waals surface area contributed by atoms with Crippen LogP contribution in [0.2, 0.25) is 0 Å². The van der Waals surface area contributed by atoms with Crippen molar-refractivity contribution in [1.29, 1.82) is 0 Å². The van der Waals surface area contributed by atoms with Gasteiger partial charge in [0.2, 0.25) is 5.91 Å². The van der Waals surface area contributed by atoms with E-state index in [-0.39, 0.29) is 5.91 Å². The van der Waals surface area contributed by atoms with Crippen molar-refractivity contribution in [2.24, 2.45) is 5.92 Å². The zero-order chi connectivity index (χ0) is 18.6. The Morgan fingerprint density at radius 2 is 1.78 bits per heavy atom. The van der Waals surface area contributed by atoms with E-state index in [0.29, 0.717) is 12.3 Å². The summed E-state index contributed by atoms with van der Waals surface area (Å²) >= 11 is 0. The predicted octanol–water partition coefficient (Wildman–Crippen LogP) is 3.99. The molecular formula is C18H36N2O3. The first kappa shape index (κ1) is 23.7. The van der Waals surface area contributed by atoms with Gasteiger partial charge in [-0.05, 0) is 46.5 Å². The zero-order valence-electron chi connectivity index (χ0n) is 16.4. The van der Waals surface area contributed by atoms with Crippen molar-refractivity contribution >= 4 is 12.0 Å². The normalized spacial score (nSPS) is 13.6. The van der Waals surface area contributed by atoms with Crippen LogP contribution in [0.1, 0.15) is 61.3 Å². The molecule has 0 aromatic rings. The lowest BCUT2D eigenvalue weighted by Crippen LogP contribution is -2.49. The molecule has 0 radical (unpaired) electrons. The number of hydrogen-bond acceptors (Lipinski definition) is 3. The van der Waals surface area contributed by atoms with E-state index in [1.54, 1.807) is 14.1 Å². The van der Waals surface area contributed by atoms with Crippen LogP contribution in [0, 0.1) is 5.92 Å². The highest BCUT2D eigenvalue weighted by molar-refractivity contribution is 5.85. The molecule has 0 rings (SSSR count). The van der Waals surface area contributed by atoms with Crippen LogP contribution in [0.4, 0.5) is 4.79 Å². The molecule has 0 fully saturated rings. The third-order valence-corrected chi connectivity index (χ3v) is 3.10. The summed E-state index contributed by atoms with van der Waals surface area (Å²) in [6, 6.07) is -0.523. The third kappa shape index (κ3) is 10.8. The fourth-order valence-electron chi connectivity index (χ4n) is 1.91. The van der Waals surface area contributed by atoms with Gasteiger partial charge < -0.3 is 10.1 Å².